The van der Waals surface area contributed by atoms with E-state index in [4.69, 9.17) is 0 Å². The molecule has 2 fully saturated rings. The van der Waals surface area contributed by atoms with Crippen LogP contribution in [0.25, 0.3) is 10.8 Å². The van der Waals surface area contributed by atoms with Crippen LogP contribution in [0.1, 0.15) is 6.42 Å². The van der Waals surface area contributed by atoms with Crippen molar-refractivity contribution in [3.8, 4) is 0 Å². The summed E-state index contributed by atoms with van der Waals surface area (Å²) in [6.07, 6.45) is 0.176. The van der Waals surface area contributed by atoms with Crippen LogP contribution in [0.4, 0.5) is 5.69 Å². The van der Waals surface area contributed by atoms with Crippen molar-refractivity contribution in [2.75, 3.05) is 37.6 Å². The van der Waals surface area contributed by atoms with Gasteiger partial charge in [-0.3, -0.25) is 9.59 Å². The van der Waals surface area contributed by atoms with Crippen LogP contribution in [0.3, 0.4) is 0 Å². The fourth-order valence-corrected chi connectivity index (χ4v) is 7.06. The molecule has 2 aliphatic rings. The van der Waals surface area contributed by atoms with E-state index < -0.39 is 15.9 Å². The largest absolute Gasteiger partial charge is 0.340 e. The Morgan fingerprint density at radius 2 is 1.69 bits per heavy atom. The lowest BCUT2D eigenvalue weighted by molar-refractivity contribution is -0.136. The molecule has 2 aliphatic heterocycles. The van der Waals surface area contributed by atoms with Gasteiger partial charge in [-0.1, -0.05) is 42.5 Å². The topological polar surface area (TPSA) is 78.0 Å². The Morgan fingerprint density at radius 3 is 2.44 bits per heavy atom. The first kappa shape index (κ1) is 21.1. The van der Waals surface area contributed by atoms with Crippen LogP contribution in [0, 0.1) is 5.92 Å². The number of benzene rings is 2. The average molecular weight is 470 g/mol. The van der Waals surface area contributed by atoms with Gasteiger partial charge in [0.2, 0.25) is 11.8 Å². The smallest absolute Gasteiger partial charge is 0.252 e. The number of thiophene rings is 1. The van der Waals surface area contributed by atoms with E-state index in [1.165, 1.54) is 15.6 Å². The zero-order chi connectivity index (χ0) is 22.3. The van der Waals surface area contributed by atoms with Crippen LogP contribution in [-0.2, 0) is 19.6 Å². The highest BCUT2D eigenvalue weighted by atomic mass is 32.2. The van der Waals surface area contributed by atoms with Crippen molar-refractivity contribution in [2.24, 2.45) is 5.92 Å². The molecule has 1 atom stereocenters. The number of carbonyl (C=O) groups excluding carboxylic acids is 2. The van der Waals surface area contributed by atoms with Gasteiger partial charge < -0.3 is 9.80 Å². The summed E-state index contributed by atoms with van der Waals surface area (Å²) in [6, 6.07) is 17.1. The molecule has 9 heteroatoms. The van der Waals surface area contributed by atoms with Crippen molar-refractivity contribution >= 4 is 49.6 Å². The molecule has 0 spiro atoms. The normalized spacial score (nSPS) is 20.2. The molecule has 1 aromatic heterocycles. The molecule has 5 rings (SSSR count). The molecule has 3 aromatic rings. The summed E-state index contributed by atoms with van der Waals surface area (Å²) in [5, 5.41) is 3.78. The van der Waals surface area contributed by atoms with Gasteiger partial charge in [0.15, 0.2) is 0 Å². The molecule has 0 saturated carbocycles. The molecule has 0 aliphatic carbocycles. The molecule has 0 bridgehead atoms. The molecular formula is C23H23N3O4S2. The average Bonchev–Trinajstić information content (AvgIpc) is 3.49. The van der Waals surface area contributed by atoms with Crippen LogP contribution in [0.15, 0.2) is 64.2 Å². The second kappa shape index (κ2) is 8.31. The number of anilines is 1. The van der Waals surface area contributed by atoms with Crippen molar-refractivity contribution in [3.63, 3.8) is 0 Å². The molecule has 0 N–H and O–H groups in total. The maximum atomic E-state index is 13.2. The Balaban J connectivity index is 1.27. The summed E-state index contributed by atoms with van der Waals surface area (Å²) in [5.41, 5.74) is 0.829. The Morgan fingerprint density at radius 1 is 0.938 bits per heavy atom. The second-order valence-corrected chi connectivity index (χ2v) is 11.2. The van der Waals surface area contributed by atoms with E-state index in [9.17, 15) is 18.0 Å². The van der Waals surface area contributed by atoms with Crippen LogP contribution in [0.2, 0.25) is 0 Å². The minimum Gasteiger partial charge on any atom is -0.340 e. The van der Waals surface area contributed by atoms with Crippen molar-refractivity contribution in [1.29, 1.82) is 0 Å². The van der Waals surface area contributed by atoms with Crippen molar-refractivity contribution in [3.05, 3.63) is 60.0 Å². The number of nitrogens with zero attached hydrogens (tertiary/aromatic N) is 3. The van der Waals surface area contributed by atoms with Gasteiger partial charge >= 0.3 is 0 Å². The van der Waals surface area contributed by atoms with Crippen LogP contribution < -0.4 is 4.90 Å². The monoisotopic (exact) mass is 469 g/mol. The maximum absolute atomic E-state index is 13.2. The van der Waals surface area contributed by atoms with Crippen LogP contribution in [-0.4, -0.2) is 62.2 Å². The Labute approximate surface area is 190 Å². The maximum Gasteiger partial charge on any atom is 0.252 e. The first-order valence-corrected chi connectivity index (χ1v) is 12.9. The molecule has 7 nitrogen and oxygen atoms in total. The highest BCUT2D eigenvalue weighted by molar-refractivity contribution is 7.91. The van der Waals surface area contributed by atoms with Gasteiger partial charge in [0.05, 0.1) is 11.6 Å². The van der Waals surface area contributed by atoms with Crippen molar-refractivity contribution in [1.82, 2.24) is 9.21 Å². The summed E-state index contributed by atoms with van der Waals surface area (Å²) in [5.74, 6) is -0.546. The zero-order valence-electron chi connectivity index (χ0n) is 17.4. The molecule has 3 heterocycles. The summed E-state index contributed by atoms with van der Waals surface area (Å²) in [7, 11) is -3.51. The third-order valence-corrected chi connectivity index (χ3v) is 9.44. The summed E-state index contributed by atoms with van der Waals surface area (Å²) in [4.78, 5) is 29.4. The lowest BCUT2D eigenvalue weighted by Crippen LogP contribution is -2.52. The number of piperazine rings is 1. The third kappa shape index (κ3) is 3.70. The summed E-state index contributed by atoms with van der Waals surface area (Å²) in [6.45, 7) is 1.55. The standard InChI is InChI=1S/C23H23N3O4S2/c27-21-15-18(16-26(21)20-8-3-6-17-5-1-2-7-19(17)20)23(28)24-10-12-25(13-11-24)32(29,30)22-9-4-14-31-22/h1-9,14,18H,10-13,15-16H2/t18-/m0/s1. The molecule has 32 heavy (non-hydrogen) atoms. The zero-order valence-corrected chi connectivity index (χ0v) is 19.0. The summed E-state index contributed by atoms with van der Waals surface area (Å²) < 4.78 is 27.2. The molecule has 0 radical (unpaired) electrons. The molecule has 2 saturated heterocycles. The van der Waals surface area contributed by atoms with Gasteiger partial charge in [-0.15, -0.1) is 11.3 Å². The number of sulfonamides is 1. The highest BCUT2D eigenvalue weighted by Gasteiger charge is 2.39. The third-order valence-electron chi connectivity index (χ3n) is 6.17. The van der Waals surface area contributed by atoms with E-state index in [1.54, 1.807) is 27.3 Å². The fraction of sp³-hybridized carbons (Fsp3) is 0.304. The van der Waals surface area contributed by atoms with E-state index in [1.807, 2.05) is 42.5 Å². The lowest BCUT2D eigenvalue weighted by Gasteiger charge is -2.35. The van der Waals surface area contributed by atoms with E-state index in [2.05, 4.69) is 0 Å². The van der Waals surface area contributed by atoms with E-state index in [-0.39, 0.29) is 31.3 Å². The molecule has 2 aromatic carbocycles. The number of hydrogen-bond donors (Lipinski definition) is 0. The Bertz CT molecular complexity index is 1260. The second-order valence-electron chi connectivity index (χ2n) is 8.07. The first-order valence-electron chi connectivity index (χ1n) is 10.6. The Kier molecular flexibility index (Phi) is 5.48. The van der Waals surface area contributed by atoms with Gasteiger partial charge in [-0.2, -0.15) is 4.31 Å². The summed E-state index contributed by atoms with van der Waals surface area (Å²) >= 11 is 1.20. The predicted octanol–water partition coefficient (Wildman–Crippen LogP) is 2.79. The minimum absolute atomic E-state index is 0.0568. The highest BCUT2D eigenvalue weighted by Crippen LogP contribution is 2.32. The van der Waals surface area contributed by atoms with Gasteiger partial charge in [-0.05, 0) is 22.9 Å². The van der Waals surface area contributed by atoms with Crippen molar-refractivity contribution in [2.45, 2.75) is 10.6 Å². The number of rotatable bonds is 4. The minimum atomic E-state index is -3.51. The predicted molar refractivity (Wildman–Crippen MR) is 124 cm³/mol. The lowest BCUT2D eigenvalue weighted by atomic mass is 10.1. The molecule has 2 amide bonds. The van der Waals surface area contributed by atoms with Crippen molar-refractivity contribution < 1.29 is 18.0 Å². The van der Waals surface area contributed by atoms with Crippen LogP contribution in [0.5, 0.6) is 0 Å². The first-order chi connectivity index (χ1) is 15.4. The molecule has 166 valence electrons. The quantitative estimate of drug-likeness (QED) is 0.589. The number of carbonyl (C=O) groups is 2. The fourth-order valence-electron chi connectivity index (χ4n) is 4.49. The SMILES string of the molecule is O=C([C@H]1CC(=O)N(c2cccc3ccccc23)C1)N1CCN(S(=O)(=O)c2cccs2)CC1. The van der Waals surface area contributed by atoms with E-state index in [0.717, 1.165) is 16.5 Å². The van der Waals surface area contributed by atoms with Gasteiger partial charge in [0.25, 0.3) is 10.0 Å². The van der Waals surface area contributed by atoms with Gasteiger partial charge in [-0.25, -0.2) is 8.42 Å². The number of fused-ring (bicyclic) bond motifs is 1. The van der Waals surface area contributed by atoms with Crippen LogP contribution >= 0.6 is 11.3 Å². The molecular weight excluding hydrogens is 446 g/mol. The van der Waals surface area contributed by atoms with Gasteiger partial charge in [0.1, 0.15) is 4.21 Å². The number of hydrogen-bond acceptors (Lipinski definition) is 5. The molecule has 0 unspecified atom stereocenters. The van der Waals surface area contributed by atoms with Gasteiger partial charge in [0, 0.05) is 44.5 Å². The number of amides is 2. The Hall–Kier alpha value is -2.75. The van der Waals surface area contributed by atoms with E-state index >= 15 is 0 Å². The van der Waals surface area contributed by atoms with E-state index in [0.29, 0.717) is 23.8 Å².